The van der Waals surface area contributed by atoms with Crippen molar-refractivity contribution >= 4 is 11.6 Å². The predicted molar refractivity (Wildman–Crippen MR) is 80.0 cm³/mol. The molecular weight excluding hydrogens is 272 g/mol. The van der Waals surface area contributed by atoms with Crippen molar-refractivity contribution in [1.29, 1.82) is 0 Å². The lowest BCUT2D eigenvalue weighted by molar-refractivity contribution is -0.130. The minimum atomic E-state index is -0.228. The van der Waals surface area contributed by atoms with Gasteiger partial charge in [0, 0.05) is 24.8 Å². The van der Waals surface area contributed by atoms with E-state index in [0.717, 1.165) is 13.1 Å². The lowest BCUT2D eigenvalue weighted by Crippen LogP contribution is -2.59. The summed E-state index contributed by atoms with van der Waals surface area (Å²) in [7, 11) is 1.57. The van der Waals surface area contributed by atoms with E-state index < -0.39 is 0 Å². The van der Waals surface area contributed by atoms with E-state index in [4.69, 9.17) is 14.2 Å². The van der Waals surface area contributed by atoms with Crippen LogP contribution in [0.3, 0.4) is 0 Å². The van der Waals surface area contributed by atoms with E-state index in [2.05, 4.69) is 10.6 Å². The van der Waals surface area contributed by atoms with Crippen molar-refractivity contribution in [2.24, 2.45) is 0 Å². The number of hydrogen-bond acceptors (Lipinski definition) is 5. The molecule has 1 aromatic carbocycles. The molecule has 0 aliphatic carbocycles. The fraction of sp³-hybridized carbons (Fsp3) is 0.533. The highest BCUT2D eigenvalue weighted by Crippen LogP contribution is 2.30. The molecule has 6 nitrogen and oxygen atoms in total. The van der Waals surface area contributed by atoms with Gasteiger partial charge in [0.2, 0.25) is 5.91 Å². The van der Waals surface area contributed by atoms with E-state index in [1.165, 1.54) is 0 Å². The van der Waals surface area contributed by atoms with E-state index >= 15 is 0 Å². The minimum absolute atomic E-state index is 0.0354. The number of carbonyl (C=O) groups excluding carboxylic acids is 1. The van der Waals surface area contributed by atoms with Gasteiger partial charge in [0.05, 0.1) is 19.3 Å². The molecule has 1 aliphatic rings. The number of amides is 1. The Labute approximate surface area is 124 Å². The highest BCUT2D eigenvalue weighted by atomic mass is 16.5. The van der Waals surface area contributed by atoms with E-state index in [9.17, 15) is 4.79 Å². The van der Waals surface area contributed by atoms with Gasteiger partial charge in [-0.15, -0.1) is 0 Å². The average molecular weight is 294 g/mol. The Kier molecular flexibility index (Phi) is 5.03. The molecule has 1 aromatic rings. The van der Waals surface area contributed by atoms with Gasteiger partial charge in [-0.2, -0.15) is 0 Å². The largest absolute Gasteiger partial charge is 0.493 e. The molecule has 116 valence electrons. The van der Waals surface area contributed by atoms with Gasteiger partial charge in [0.15, 0.2) is 11.5 Å². The van der Waals surface area contributed by atoms with Crippen LogP contribution in [-0.4, -0.2) is 44.9 Å². The molecule has 0 aromatic heterocycles. The van der Waals surface area contributed by atoms with Gasteiger partial charge in [-0.05, 0) is 26.0 Å². The van der Waals surface area contributed by atoms with Crippen molar-refractivity contribution in [3.63, 3.8) is 0 Å². The molecule has 1 saturated heterocycles. The molecular formula is C15H22N2O4. The van der Waals surface area contributed by atoms with Crippen LogP contribution in [0, 0.1) is 0 Å². The Morgan fingerprint density at radius 2 is 2.14 bits per heavy atom. The first-order chi connectivity index (χ1) is 10.1. The van der Waals surface area contributed by atoms with Crippen molar-refractivity contribution in [2.75, 3.05) is 38.7 Å². The summed E-state index contributed by atoms with van der Waals surface area (Å²) in [4.78, 5) is 11.9. The van der Waals surface area contributed by atoms with Gasteiger partial charge >= 0.3 is 0 Å². The van der Waals surface area contributed by atoms with Crippen LogP contribution in [0.5, 0.6) is 11.5 Å². The van der Waals surface area contributed by atoms with Crippen LogP contribution < -0.4 is 20.1 Å². The monoisotopic (exact) mass is 294 g/mol. The standard InChI is InChI=1S/C15H22N2O4/c1-4-20-12-6-5-11(7-13(12)19-3)17-14(18)8-21-15(2)9-16-10-15/h5-7,16H,4,8-10H2,1-3H3,(H,17,18). The Morgan fingerprint density at radius 1 is 1.38 bits per heavy atom. The van der Waals surface area contributed by atoms with Crippen molar-refractivity contribution in [3.05, 3.63) is 18.2 Å². The maximum absolute atomic E-state index is 11.9. The normalized spacial score (nSPS) is 16.0. The number of rotatable bonds is 7. The maximum atomic E-state index is 11.9. The summed E-state index contributed by atoms with van der Waals surface area (Å²) in [6.45, 7) is 6.03. The van der Waals surface area contributed by atoms with Crippen molar-refractivity contribution < 1.29 is 19.0 Å². The highest BCUT2D eigenvalue weighted by Gasteiger charge is 2.33. The zero-order valence-corrected chi connectivity index (χ0v) is 12.7. The zero-order chi connectivity index (χ0) is 15.3. The first-order valence-electron chi connectivity index (χ1n) is 7.02. The number of carbonyl (C=O) groups is 1. The van der Waals surface area contributed by atoms with Gasteiger partial charge < -0.3 is 24.8 Å². The second-order valence-electron chi connectivity index (χ2n) is 5.19. The quantitative estimate of drug-likeness (QED) is 0.796. The molecule has 1 amide bonds. The Bertz CT molecular complexity index is 500. The molecule has 0 bridgehead atoms. The van der Waals surface area contributed by atoms with Crippen molar-refractivity contribution in [2.45, 2.75) is 19.4 Å². The molecule has 0 saturated carbocycles. The third kappa shape index (κ3) is 4.09. The summed E-state index contributed by atoms with van der Waals surface area (Å²) in [6, 6.07) is 5.28. The van der Waals surface area contributed by atoms with Gasteiger partial charge in [-0.3, -0.25) is 4.79 Å². The molecule has 1 aliphatic heterocycles. The van der Waals surface area contributed by atoms with E-state index in [1.54, 1.807) is 25.3 Å². The van der Waals surface area contributed by atoms with Gasteiger partial charge in [0.1, 0.15) is 6.61 Å². The summed E-state index contributed by atoms with van der Waals surface area (Å²) in [6.07, 6.45) is 0. The maximum Gasteiger partial charge on any atom is 0.250 e. The van der Waals surface area contributed by atoms with Crippen LogP contribution in [-0.2, 0) is 9.53 Å². The smallest absolute Gasteiger partial charge is 0.250 e. The number of nitrogens with one attached hydrogen (secondary N) is 2. The fourth-order valence-electron chi connectivity index (χ4n) is 2.04. The SMILES string of the molecule is CCOc1ccc(NC(=O)COC2(C)CNC2)cc1OC. The molecule has 2 rings (SSSR count). The summed E-state index contributed by atoms with van der Waals surface area (Å²) >= 11 is 0. The molecule has 2 N–H and O–H groups in total. The summed E-state index contributed by atoms with van der Waals surface area (Å²) in [5.41, 5.74) is 0.425. The lowest BCUT2D eigenvalue weighted by Gasteiger charge is -2.38. The molecule has 0 unspecified atom stereocenters. The molecule has 6 heteroatoms. The van der Waals surface area contributed by atoms with Crippen LogP contribution in [0.4, 0.5) is 5.69 Å². The third-order valence-electron chi connectivity index (χ3n) is 3.30. The Balaban J connectivity index is 1.90. The van der Waals surface area contributed by atoms with E-state index in [1.807, 2.05) is 13.8 Å². The number of ether oxygens (including phenoxy) is 3. The lowest BCUT2D eigenvalue weighted by atomic mass is 10.0. The van der Waals surface area contributed by atoms with Gasteiger partial charge in [-0.25, -0.2) is 0 Å². The summed E-state index contributed by atoms with van der Waals surface area (Å²) in [5.74, 6) is 1.06. The highest BCUT2D eigenvalue weighted by molar-refractivity contribution is 5.92. The second-order valence-corrected chi connectivity index (χ2v) is 5.19. The van der Waals surface area contributed by atoms with Crippen molar-refractivity contribution in [1.82, 2.24) is 5.32 Å². The Morgan fingerprint density at radius 3 is 2.71 bits per heavy atom. The molecule has 0 radical (unpaired) electrons. The van der Waals surface area contributed by atoms with Crippen LogP contribution >= 0.6 is 0 Å². The minimum Gasteiger partial charge on any atom is -0.493 e. The molecule has 0 atom stereocenters. The second kappa shape index (κ2) is 6.78. The van der Waals surface area contributed by atoms with Crippen molar-refractivity contribution in [3.8, 4) is 11.5 Å². The van der Waals surface area contributed by atoms with E-state index in [-0.39, 0.29) is 18.1 Å². The zero-order valence-electron chi connectivity index (χ0n) is 12.7. The Hall–Kier alpha value is -1.79. The number of methoxy groups -OCH3 is 1. The first kappa shape index (κ1) is 15.6. The molecule has 1 heterocycles. The van der Waals surface area contributed by atoms with Gasteiger partial charge in [-0.1, -0.05) is 0 Å². The number of hydrogen-bond donors (Lipinski definition) is 2. The summed E-state index contributed by atoms with van der Waals surface area (Å²) in [5, 5.41) is 5.91. The van der Waals surface area contributed by atoms with Crippen LogP contribution in [0.25, 0.3) is 0 Å². The van der Waals surface area contributed by atoms with Crippen LogP contribution in [0.15, 0.2) is 18.2 Å². The molecule has 21 heavy (non-hydrogen) atoms. The topological polar surface area (TPSA) is 68.8 Å². The van der Waals surface area contributed by atoms with Crippen LogP contribution in [0.2, 0.25) is 0 Å². The molecule has 0 spiro atoms. The van der Waals surface area contributed by atoms with E-state index in [0.29, 0.717) is 23.8 Å². The first-order valence-corrected chi connectivity index (χ1v) is 7.02. The number of benzene rings is 1. The third-order valence-corrected chi connectivity index (χ3v) is 3.30. The van der Waals surface area contributed by atoms with Crippen LogP contribution in [0.1, 0.15) is 13.8 Å². The average Bonchev–Trinajstić information content (AvgIpc) is 2.45. The number of anilines is 1. The molecule has 1 fully saturated rings. The fourth-order valence-corrected chi connectivity index (χ4v) is 2.04. The predicted octanol–water partition coefficient (Wildman–Crippen LogP) is 1.41. The summed E-state index contributed by atoms with van der Waals surface area (Å²) < 4.78 is 16.3. The van der Waals surface area contributed by atoms with Gasteiger partial charge in [0.25, 0.3) is 0 Å².